The molecule has 3 N–H and O–H groups in total. The summed E-state index contributed by atoms with van der Waals surface area (Å²) in [5.74, 6) is -0.1000. The van der Waals surface area contributed by atoms with Crippen LogP contribution in [0.1, 0.15) is 6.92 Å². The first kappa shape index (κ1) is 11.5. The second kappa shape index (κ2) is 4.79. The molecule has 1 heterocycles. The Kier molecular flexibility index (Phi) is 3.68. The van der Waals surface area contributed by atoms with Crippen LogP contribution in [0.4, 0.5) is 11.5 Å². The third-order valence-electron chi connectivity index (χ3n) is 1.70. The summed E-state index contributed by atoms with van der Waals surface area (Å²) >= 11 is 5.58. The molecule has 0 aromatic carbocycles. The second-order valence-electron chi connectivity index (χ2n) is 2.83. The minimum Gasteiger partial charge on any atom is -0.467 e. The fourth-order valence-corrected chi connectivity index (χ4v) is 1.06. The molecule has 0 saturated heterocycles. The maximum atomic E-state index is 11.1. The molecule has 0 radical (unpaired) electrons. The van der Waals surface area contributed by atoms with E-state index in [-0.39, 0.29) is 5.28 Å². The van der Waals surface area contributed by atoms with E-state index >= 15 is 0 Å². The van der Waals surface area contributed by atoms with Gasteiger partial charge in [-0.05, 0) is 18.5 Å². The van der Waals surface area contributed by atoms with Crippen molar-refractivity contribution in [3.63, 3.8) is 0 Å². The number of esters is 1. The van der Waals surface area contributed by atoms with Crippen LogP contribution in [0.5, 0.6) is 0 Å². The van der Waals surface area contributed by atoms with Gasteiger partial charge in [-0.1, -0.05) is 0 Å². The van der Waals surface area contributed by atoms with E-state index in [9.17, 15) is 4.79 Å². The molecule has 1 atom stereocenters. The molecule has 0 aliphatic rings. The predicted molar refractivity (Wildman–Crippen MR) is 56.6 cm³/mol. The highest BCUT2D eigenvalue weighted by molar-refractivity contribution is 6.28. The van der Waals surface area contributed by atoms with Crippen LogP contribution in [-0.2, 0) is 9.53 Å². The molecule has 0 bridgehead atoms. The molecule has 1 aromatic rings. The molecule has 1 aromatic heterocycles. The summed E-state index contributed by atoms with van der Waals surface area (Å²) in [4.78, 5) is 18.6. The minimum absolute atomic E-state index is 0.0590. The zero-order chi connectivity index (χ0) is 11.4. The summed E-state index contributed by atoms with van der Waals surface area (Å²) in [5, 5.41) is 2.83. The molecule has 82 valence electrons. The van der Waals surface area contributed by atoms with Crippen molar-refractivity contribution in [3.05, 3.63) is 11.5 Å². The monoisotopic (exact) mass is 230 g/mol. The van der Waals surface area contributed by atoms with E-state index in [0.717, 1.165) is 0 Å². The Balaban J connectivity index is 2.80. The molecule has 1 rings (SSSR count). The normalized spacial score (nSPS) is 11.9. The summed E-state index contributed by atoms with van der Waals surface area (Å²) in [6.45, 7) is 1.63. The average Bonchev–Trinajstić information content (AvgIpc) is 2.22. The largest absolute Gasteiger partial charge is 0.467 e. The van der Waals surface area contributed by atoms with Gasteiger partial charge in [0.2, 0.25) is 5.28 Å². The molecule has 0 spiro atoms. The molecular formula is C8H11ClN4O2. The van der Waals surface area contributed by atoms with Gasteiger partial charge in [0.25, 0.3) is 0 Å². The van der Waals surface area contributed by atoms with Crippen molar-refractivity contribution in [1.29, 1.82) is 0 Å². The number of ether oxygens (including phenoxy) is 1. The van der Waals surface area contributed by atoms with Gasteiger partial charge < -0.3 is 15.8 Å². The van der Waals surface area contributed by atoms with Gasteiger partial charge >= 0.3 is 5.97 Å². The van der Waals surface area contributed by atoms with Crippen molar-refractivity contribution < 1.29 is 9.53 Å². The van der Waals surface area contributed by atoms with Crippen LogP contribution in [0.2, 0.25) is 5.28 Å². The minimum atomic E-state index is -0.553. The van der Waals surface area contributed by atoms with Gasteiger partial charge in [0.05, 0.1) is 19.0 Å². The number of nitrogens with one attached hydrogen (secondary N) is 1. The maximum absolute atomic E-state index is 11.1. The Labute approximate surface area is 91.8 Å². The van der Waals surface area contributed by atoms with Crippen LogP contribution in [0.3, 0.4) is 0 Å². The van der Waals surface area contributed by atoms with Crippen molar-refractivity contribution in [2.24, 2.45) is 0 Å². The lowest BCUT2D eigenvalue weighted by molar-refractivity contribution is -0.141. The number of hydrogen-bond acceptors (Lipinski definition) is 6. The van der Waals surface area contributed by atoms with Gasteiger partial charge in [0.15, 0.2) is 5.82 Å². The molecule has 15 heavy (non-hydrogen) atoms. The van der Waals surface area contributed by atoms with Crippen LogP contribution < -0.4 is 11.1 Å². The zero-order valence-corrected chi connectivity index (χ0v) is 9.08. The Hall–Kier alpha value is -1.56. The SMILES string of the molecule is COC(=O)C(C)Nc1nc(Cl)ncc1N. The molecule has 0 aliphatic carbocycles. The number of hydrogen-bond donors (Lipinski definition) is 2. The van der Waals surface area contributed by atoms with Crippen molar-refractivity contribution in [1.82, 2.24) is 9.97 Å². The quantitative estimate of drug-likeness (QED) is 0.586. The van der Waals surface area contributed by atoms with E-state index in [2.05, 4.69) is 20.0 Å². The predicted octanol–water partition coefficient (Wildman–Crippen LogP) is 0.686. The average molecular weight is 231 g/mol. The van der Waals surface area contributed by atoms with Crippen LogP contribution in [0.25, 0.3) is 0 Å². The second-order valence-corrected chi connectivity index (χ2v) is 3.17. The van der Waals surface area contributed by atoms with Crippen molar-refractivity contribution in [2.45, 2.75) is 13.0 Å². The molecule has 0 saturated carbocycles. The zero-order valence-electron chi connectivity index (χ0n) is 8.32. The van der Waals surface area contributed by atoms with Crippen molar-refractivity contribution in [3.8, 4) is 0 Å². The van der Waals surface area contributed by atoms with Gasteiger partial charge in [-0.15, -0.1) is 0 Å². The molecule has 7 heteroatoms. The van der Waals surface area contributed by atoms with E-state index in [4.69, 9.17) is 17.3 Å². The van der Waals surface area contributed by atoms with E-state index < -0.39 is 12.0 Å². The number of aromatic nitrogens is 2. The number of methoxy groups -OCH3 is 1. The third-order valence-corrected chi connectivity index (χ3v) is 1.88. The van der Waals surface area contributed by atoms with Crippen molar-refractivity contribution >= 4 is 29.1 Å². The summed E-state index contributed by atoms with van der Waals surface area (Å²) in [5.41, 5.74) is 5.90. The van der Waals surface area contributed by atoms with Gasteiger partial charge in [-0.2, -0.15) is 4.98 Å². The maximum Gasteiger partial charge on any atom is 0.328 e. The third kappa shape index (κ3) is 2.95. The number of carbonyl (C=O) groups is 1. The lowest BCUT2D eigenvalue weighted by Crippen LogP contribution is -2.28. The number of rotatable bonds is 3. The Bertz CT molecular complexity index is 372. The highest BCUT2D eigenvalue weighted by Crippen LogP contribution is 2.16. The Morgan fingerprint density at radius 2 is 2.40 bits per heavy atom. The summed E-state index contributed by atoms with van der Waals surface area (Å²) in [7, 11) is 1.30. The fourth-order valence-electron chi connectivity index (χ4n) is 0.926. The highest BCUT2D eigenvalue weighted by atomic mass is 35.5. The number of nitrogens with zero attached hydrogens (tertiary/aromatic N) is 2. The first-order chi connectivity index (χ1) is 7.04. The molecule has 1 unspecified atom stereocenters. The van der Waals surface area contributed by atoms with Gasteiger partial charge in [0, 0.05) is 0 Å². The first-order valence-electron chi connectivity index (χ1n) is 4.17. The van der Waals surface area contributed by atoms with Crippen LogP contribution >= 0.6 is 11.6 Å². The number of anilines is 2. The van der Waals surface area contributed by atoms with Crippen LogP contribution in [0.15, 0.2) is 6.20 Å². The van der Waals surface area contributed by atoms with Crippen LogP contribution in [-0.4, -0.2) is 29.1 Å². The number of nitrogens with two attached hydrogens (primary N) is 1. The van der Waals surface area contributed by atoms with E-state index in [1.165, 1.54) is 13.3 Å². The molecule has 6 nitrogen and oxygen atoms in total. The standard InChI is InChI=1S/C8H11ClN4O2/c1-4(7(14)15-2)12-6-5(10)3-11-8(9)13-6/h3-4H,10H2,1-2H3,(H,11,12,13). The van der Waals surface area contributed by atoms with E-state index in [1.54, 1.807) is 6.92 Å². The smallest absolute Gasteiger partial charge is 0.328 e. The van der Waals surface area contributed by atoms with Crippen LogP contribution in [0, 0.1) is 0 Å². The van der Waals surface area contributed by atoms with E-state index in [0.29, 0.717) is 11.5 Å². The number of nitrogen functional groups attached to an aromatic ring is 1. The van der Waals surface area contributed by atoms with Gasteiger partial charge in [-0.3, -0.25) is 0 Å². The molecule has 0 fully saturated rings. The number of halogens is 1. The summed E-state index contributed by atoms with van der Waals surface area (Å²) < 4.78 is 4.54. The molecule has 0 aliphatic heterocycles. The summed E-state index contributed by atoms with van der Waals surface area (Å²) in [6.07, 6.45) is 1.36. The lowest BCUT2D eigenvalue weighted by atomic mass is 10.3. The summed E-state index contributed by atoms with van der Waals surface area (Å²) in [6, 6.07) is -0.553. The number of carbonyl (C=O) groups excluding carboxylic acids is 1. The lowest BCUT2D eigenvalue weighted by Gasteiger charge is -2.13. The highest BCUT2D eigenvalue weighted by Gasteiger charge is 2.14. The van der Waals surface area contributed by atoms with E-state index in [1.807, 2.05) is 0 Å². The first-order valence-corrected chi connectivity index (χ1v) is 4.54. The fraction of sp³-hybridized carbons (Fsp3) is 0.375. The topological polar surface area (TPSA) is 90.1 Å². The van der Waals surface area contributed by atoms with Gasteiger partial charge in [0.1, 0.15) is 6.04 Å². The van der Waals surface area contributed by atoms with Gasteiger partial charge in [-0.25, -0.2) is 9.78 Å². The molecule has 0 amide bonds. The Morgan fingerprint density at radius 1 is 1.73 bits per heavy atom. The molecular weight excluding hydrogens is 220 g/mol. The van der Waals surface area contributed by atoms with Crippen molar-refractivity contribution in [2.75, 3.05) is 18.2 Å². The Morgan fingerprint density at radius 3 is 3.00 bits per heavy atom.